The fourth-order valence-corrected chi connectivity index (χ4v) is 2.19. The topological polar surface area (TPSA) is 59.7 Å². The first-order valence-corrected chi connectivity index (χ1v) is 6.60. The van der Waals surface area contributed by atoms with E-state index in [2.05, 4.69) is 10.1 Å². The van der Waals surface area contributed by atoms with Crippen LogP contribution < -0.4 is 5.56 Å². The average molecular weight is 272 g/mol. The number of rotatable bonds is 2. The van der Waals surface area contributed by atoms with Crippen LogP contribution in [-0.2, 0) is 4.74 Å². The summed E-state index contributed by atoms with van der Waals surface area (Å²) in [6.45, 7) is 4.74. The van der Waals surface area contributed by atoms with E-state index in [1.165, 1.54) is 4.68 Å². The van der Waals surface area contributed by atoms with Crippen LogP contribution >= 0.6 is 0 Å². The van der Waals surface area contributed by atoms with Gasteiger partial charge in [-0.05, 0) is 19.1 Å². The first-order valence-electron chi connectivity index (χ1n) is 6.60. The highest BCUT2D eigenvalue weighted by atomic mass is 16.5. The molecule has 1 aliphatic heterocycles. The third-order valence-electron chi connectivity index (χ3n) is 3.29. The summed E-state index contributed by atoms with van der Waals surface area (Å²) >= 11 is 0. The Balaban J connectivity index is 1.98. The Kier molecular flexibility index (Phi) is 3.47. The Bertz CT molecular complexity index is 702. The van der Waals surface area contributed by atoms with Crippen molar-refractivity contribution in [3.8, 4) is 0 Å². The molecule has 2 aromatic rings. The van der Waals surface area contributed by atoms with Gasteiger partial charge < -0.3 is 9.64 Å². The fourth-order valence-electron chi connectivity index (χ4n) is 2.19. The van der Waals surface area contributed by atoms with Gasteiger partial charge in [0.05, 0.1) is 24.1 Å². The van der Waals surface area contributed by atoms with Gasteiger partial charge in [-0.25, -0.2) is 4.98 Å². The molecule has 0 unspecified atom stereocenters. The lowest BCUT2D eigenvalue weighted by molar-refractivity contribution is 0.0698. The summed E-state index contributed by atoms with van der Waals surface area (Å²) in [7, 11) is 0. The van der Waals surface area contributed by atoms with E-state index in [4.69, 9.17) is 4.74 Å². The van der Waals surface area contributed by atoms with E-state index in [0.717, 1.165) is 13.1 Å². The zero-order valence-electron chi connectivity index (χ0n) is 11.3. The molecule has 1 aromatic heterocycles. The number of hydrogen-bond acceptors (Lipinski definition) is 4. The van der Waals surface area contributed by atoms with Gasteiger partial charge in [0.25, 0.3) is 5.56 Å². The molecular formula is C14H16N4O2. The summed E-state index contributed by atoms with van der Waals surface area (Å²) in [5, 5.41) is 4.85. The first-order chi connectivity index (χ1) is 9.75. The predicted molar refractivity (Wildman–Crippen MR) is 77.0 cm³/mol. The molecule has 1 aromatic carbocycles. The maximum absolute atomic E-state index is 12.4. The molecular weight excluding hydrogens is 256 g/mol. The first kappa shape index (κ1) is 12.8. The molecule has 1 aliphatic rings. The number of benzene rings is 1. The lowest BCUT2D eigenvalue weighted by Gasteiger charge is -2.24. The molecule has 104 valence electrons. The Labute approximate surface area is 116 Å². The minimum Gasteiger partial charge on any atom is -0.378 e. The van der Waals surface area contributed by atoms with Crippen LogP contribution in [0.15, 0.2) is 34.2 Å². The van der Waals surface area contributed by atoms with Gasteiger partial charge >= 0.3 is 0 Å². The van der Waals surface area contributed by atoms with Gasteiger partial charge in [0.2, 0.25) is 0 Å². The lowest BCUT2D eigenvalue weighted by atomic mass is 10.2. The molecule has 0 radical (unpaired) electrons. The van der Waals surface area contributed by atoms with Crippen LogP contribution in [-0.4, -0.2) is 47.2 Å². The Morgan fingerprint density at radius 2 is 2.05 bits per heavy atom. The largest absolute Gasteiger partial charge is 0.378 e. The highest BCUT2D eigenvalue weighted by Crippen LogP contribution is 2.07. The smallest absolute Gasteiger partial charge is 0.282 e. The molecule has 1 fully saturated rings. The molecule has 3 rings (SSSR count). The molecule has 0 bridgehead atoms. The molecule has 1 saturated heterocycles. The van der Waals surface area contributed by atoms with Gasteiger partial charge in [0.1, 0.15) is 12.2 Å². The van der Waals surface area contributed by atoms with Gasteiger partial charge in [-0.15, -0.1) is 0 Å². The van der Waals surface area contributed by atoms with Crippen molar-refractivity contribution in [3.05, 3.63) is 40.4 Å². The van der Waals surface area contributed by atoms with E-state index < -0.39 is 0 Å². The second-order valence-corrected chi connectivity index (χ2v) is 4.67. The highest BCUT2D eigenvalue weighted by molar-refractivity contribution is 5.77. The minimum absolute atomic E-state index is 0.141. The van der Waals surface area contributed by atoms with Gasteiger partial charge in [-0.2, -0.15) is 9.78 Å². The van der Waals surface area contributed by atoms with Crippen LogP contribution in [0.1, 0.15) is 5.82 Å². The quantitative estimate of drug-likeness (QED) is 0.600. The number of ether oxygens (including phenoxy) is 1. The summed E-state index contributed by atoms with van der Waals surface area (Å²) in [5.74, 6) is 0.582. The third kappa shape index (κ3) is 2.42. The summed E-state index contributed by atoms with van der Waals surface area (Å²) in [6.07, 6.45) is 1.69. The number of aromatic nitrogens is 2. The summed E-state index contributed by atoms with van der Waals surface area (Å²) in [4.78, 5) is 18.8. The normalized spacial score (nSPS) is 16.1. The van der Waals surface area contributed by atoms with Crippen molar-refractivity contribution in [3.63, 3.8) is 0 Å². The van der Waals surface area contributed by atoms with Crippen LogP contribution in [0.2, 0.25) is 0 Å². The second kappa shape index (κ2) is 5.42. The molecule has 0 saturated carbocycles. The lowest BCUT2D eigenvalue weighted by Crippen LogP contribution is -2.35. The second-order valence-electron chi connectivity index (χ2n) is 4.67. The summed E-state index contributed by atoms with van der Waals surface area (Å²) in [6, 6.07) is 7.30. The molecule has 20 heavy (non-hydrogen) atoms. The van der Waals surface area contributed by atoms with Crippen LogP contribution in [0.25, 0.3) is 10.9 Å². The molecule has 2 heterocycles. The van der Waals surface area contributed by atoms with E-state index in [9.17, 15) is 4.79 Å². The van der Waals surface area contributed by atoms with Gasteiger partial charge in [0, 0.05) is 13.1 Å². The van der Waals surface area contributed by atoms with E-state index in [0.29, 0.717) is 29.9 Å². The van der Waals surface area contributed by atoms with E-state index in [1.54, 1.807) is 19.3 Å². The van der Waals surface area contributed by atoms with E-state index in [1.807, 2.05) is 23.1 Å². The van der Waals surface area contributed by atoms with E-state index in [-0.39, 0.29) is 5.56 Å². The zero-order valence-corrected chi connectivity index (χ0v) is 11.3. The molecule has 0 spiro atoms. The highest BCUT2D eigenvalue weighted by Gasteiger charge is 2.08. The standard InChI is InChI=1S/C14H16N4O2/c1-11-16-13-5-3-2-4-12(13)14(19)18(11)15-10-17-6-8-20-9-7-17/h2-5,10H,6-9H2,1H3/b15-10-. The number of fused-ring (bicyclic) bond motifs is 1. The van der Waals surface area contributed by atoms with Gasteiger partial charge in [-0.3, -0.25) is 4.79 Å². The number of para-hydroxylation sites is 1. The number of hydrogen-bond donors (Lipinski definition) is 0. The summed E-state index contributed by atoms with van der Waals surface area (Å²) in [5.41, 5.74) is 0.561. The number of nitrogens with zero attached hydrogens (tertiary/aromatic N) is 4. The molecule has 6 heteroatoms. The van der Waals surface area contributed by atoms with Crippen molar-refractivity contribution in [1.82, 2.24) is 14.6 Å². The fraction of sp³-hybridized carbons (Fsp3) is 0.357. The van der Waals surface area contributed by atoms with Crippen LogP contribution in [0.4, 0.5) is 0 Å². The molecule has 0 aliphatic carbocycles. The maximum Gasteiger partial charge on any atom is 0.282 e. The molecule has 6 nitrogen and oxygen atoms in total. The van der Waals surface area contributed by atoms with Crippen LogP contribution in [0.5, 0.6) is 0 Å². The third-order valence-corrected chi connectivity index (χ3v) is 3.29. The number of morpholine rings is 1. The average Bonchev–Trinajstić information content (AvgIpc) is 2.48. The minimum atomic E-state index is -0.141. The molecule has 0 N–H and O–H groups in total. The maximum atomic E-state index is 12.4. The number of aryl methyl sites for hydroxylation is 1. The van der Waals surface area contributed by atoms with Crippen molar-refractivity contribution >= 4 is 17.2 Å². The Morgan fingerprint density at radius 3 is 2.85 bits per heavy atom. The van der Waals surface area contributed by atoms with E-state index >= 15 is 0 Å². The van der Waals surface area contributed by atoms with Crippen molar-refractivity contribution in [2.45, 2.75) is 6.92 Å². The van der Waals surface area contributed by atoms with Gasteiger partial charge in [-0.1, -0.05) is 12.1 Å². The predicted octanol–water partition coefficient (Wildman–Crippen LogP) is 0.829. The van der Waals surface area contributed by atoms with Crippen molar-refractivity contribution in [2.24, 2.45) is 5.10 Å². The monoisotopic (exact) mass is 272 g/mol. The molecule has 0 amide bonds. The van der Waals surface area contributed by atoms with Crippen molar-refractivity contribution < 1.29 is 4.74 Å². The van der Waals surface area contributed by atoms with Gasteiger partial charge in [0.15, 0.2) is 0 Å². The Morgan fingerprint density at radius 1 is 1.30 bits per heavy atom. The van der Waals surface area contributed by atoms with Crippen molar-refractivity contribution in [2.75, 3.05) is 26.3 Å². The van der Waals surface area contributed by atoms with Crippen LogP contribution in [0, 0.1) is 6.92 Å². The van der Waals surface area contributed by atoms with Crippen LogP contribution in [0.3, 0.4) is 0 Å². The zero-order chi connectivity index (χ0) is 13.9. The van der Waals surface area contributed by atoms with Crippen molar-refractivity contribution in [1.29, 1.82) is 0 Å². The summed E-state index contributed by atoms with van der Waals surface area (Å²) < 4.78 is 6.62. The Hall–Kier alpha value is -2.21. The SMILES string of the molecule is Cc1nc2ccccc2c(=O)n1/N=C\N1CCOCC1. The molecule has 0 atom stereocenters.